The molecule has 19 heavy (non-hydrogen) atoms. The lowest BCUT2D eigenvalue weighted by atomic mass is 9.95. The molecular formula is C17H28N2. The molecule has 0 bridgehead atoms. The Balaban J connectivity index is 2.19. The van der Waals surface area contributed by atoms with Gasteiger partial charge in [0, 0.05) is 17.6 Å². The first-order valence-electron chi connectivity index (χ1n) is 7.61. The number of nitrogens with one attached hydrogen (secondary N) is 1. The van der Waals surface area contributed by atoms with Crippen LogP contribution in [0.15, 0.2) is 30.3 Å². The second kappa shape index (κ2) is 6.06. The first kappa shape index (κ1) is 14.5. The minimum Gasteiger partial charge on any atom is -0.309 e. The van der Waals surface area contributed by atoms with E-state index in [0.717, 1.165) is 6.54 Å². The maximum atomic E-state index is 3.67. The Morgan fingerprint density at radius 3 is 2.47 bits per heavy atom. The molecule has 1 aliphatic rings. The Hall–Kier alpha value is -0.860. The molecule has 2 unspecified atom stereocenters. The largest absolute Gasteiger partial charge is 0.309 e. The van der Waals surface area contributed by atoms with Crippen LogP contribution in [0, 0.1) is 0 Å². The minimum absolute atomic E-state index is 0.335. The minimum atomic E-state index is 0.335. The highest BCUT2D eigenvalue weighted by atomic mass is 15.3. The van der Waals surface area contributed by atoms with Crippen molar-refractivity contribution in [2.75, 3.05) is 13.1 Å². The van der Waals surface area contributed by atoms with Crippen molar-refractivity contribution in [1.29, 1.82) is 0 Å². The van der Waals surface area contributed by atoms with E-state index in [0.29, 0.717) is 17.6 Å². The topological polar surface area (TPSA) is 15.3 Å². The van der Waals surface area contributed by atoms with Gasteiger partial charge in [0.1, 0.15) is 0 Å². The first-order valence-corrected chi connectivity index (χ1v) is 7.61. The SMILES string of the molecule is CCNC(c1ccccc1)C(C)N1CCCC1(C)C. The summed E-state index contributed by atoms with van der Waals surface area (Å²) in [4.78, 5) is 2.67. The molecule has 1 aromatic carbocycles. The summed E-state index contributed by atoms with van der Waals surface area (Å²) < 4.78 is 0. The van der Waals surface area contributed by atoms with Crippen LogP contribution in [0.5, 0.6) is 0 Å². The van der Waals surface area contributed by atoms with Gasteiger partial charge in [0.15, 0.2) is 0 Å². The van der Waals surface area contributed by atoms with Gasteiger partial charge in [-0.15, -0.1) is 0 Å². The average molecular weight is 260 g/mol. The molecule has 0 radical (unpaired) electrons. The van der Waals surface area contributed by atoms with Crippen LogP contribution in [0.25, 0.3) is 0 Å². The summed E-state index contributed by atoms with van der Waals surface area (Å²) in [6, 6.07) is 11.8. The van der Waals surface area contributed by atoms with Gasteiger partial charge < -0.3 is 5.32 Å². The fourth-order valence-corrected chi connectivity index (χ4v) is 3.51. The second-order valence-electron chi connectivity index (χ2n) is 6.30. The summed E-state index contributed by atoms with van der Waals surface area (Å²) in [6.45, 7) is 11.6. The third-order valence-electron chi connectivity index (χ3n) is 4.52. The summed E-state index contributed by atoms with van der Waals surface area (Å²) in [6.07, 6.45) is 2.63. The van der Waals surface area contributed by atoms with Crippen LogP contribution >= 0.6 is 0 Å². The molecule has 2 nitrogen and oxygen atoms in total. The summed E-state index contributed by atoms with van der Waals surface area (Å²) in [7, 11) is 0. The number of hydrogen-bond acceptors (Lipinski definition) is 2. The van der Waals surface area contributed by atoms with Gasteiger partial charge in [-0.1, -0.05) is 37.3 Å². The average Bonchev–Trinajstić information content (AvgIpc) is 2.76. The van der Waals surface area contributed by atoms with Crippen molar-refractivity contribution in [2.24, 2.45) is 0 Å². The molecule has 2 heteroatoms. The molecule has 1 heterocycles. The first-order chi connectivity index (χ1) is 9.06. The van der Waals surface area contributed by atoms with Crippen LogP contribution in [-0.4, -0.2) is 29.6 Å². The molecule has 2 rings (SSSR count). The molecule has 2 atom stereocenters. The van der Waals surface area contributed by atoms with Gasteiger partial charge in [0.2, 0.25) is 0 Å². The normalized spacial score (nSPS) is 22.3. The molecule has 1 aliphatic heterocycles. The van der Waals surface area contributed by atoms with E-state index in [9.17, 15) is 0 Å². The predicted octanol–water partition coefficient (Wildman–Crippen LogP) is 3.60. The molecule has 0 aliphatic carbocycles. The highest BCUT2D eigenvalue weighted by molar-refractivity contribution is 5.21. The van der Waals surface area contributed by atoms with E-state index in [1.807, 2.05) is 0 Å². The van der Waals surface area contributed by atoms with Crippen LogP contribution in [0.4, 0.5) is 0 Å². The van der Waals surface area contributed by atoms with Crippen molar-refractivity contribution >= 4 is 0 Å². The molecule has 1 N–H and O–H groups in total. The lowest BCUT2D eigenvalue weighted by Gasteiger charge is -2.41. The van der Waals surface area contributed by atoms with Gasteiger partial charge in [-0.3, -0.25) is 4.90 Å². The molecule has 0 spiro atoms. The van der Waals surface area contributed by atoms with Gasteiger partial charge in [-0.05, 0) is 52.3 Å². The van der Waals surface area contributed by atoms with Crippen LogP contribution in [0.2, 0.25) is 0 Å². The van der Waals surface area contributed by atoms with Crippen LogP contribution in [0.1, 0.15) is 52.1 Å². The maximum absolute atomic E-state index is 3.67. The zero-order valence-corrected chi connectivity index (χ0v) is 12.8. The third-order valence-corrected chi connectivity index (χ3v) is 4.52. The van der Waals surface area contributed by atoms with Crippen LogP contribution in [0.3, 0.4) is 0 Å². The number of nitrogens with zero attached hydrogens (tertiary/aromatic N) is 1. The van der Waals surface area contributed by atoms with Gasteiger partial charge in [-0.2, -0.15) is 0 Å². The van der Waals surface area contributed by atoms with Gasteiger partial charge >= 0.3 is 0 Å². The molecule has 0 aromatic heterocycles. The van der Waals surface area contributed by atoms with E-state index in [4.69, 9.17) is 0 Å². The van der Waals surface area contributed by atoms with E-state index >= 15 is 0 Å². The molecule has 1 aromatic rings. The summed E-state index contributed by atoms with van der Waals surface area (Å²) in [5.41, 5.74) is 1.74. The Labute approximate surface area is 118 Å². The van der Waals surface area contributed by atoms with E-state index in [1.165, 1.54) is 24.9 Å². The van der Waals surface area contributed by atoms with E-state index < -0.39 is 0 Å². The van der Waals surface area contributed by atoms with Crippen molar-refractivity contribution in [2.45, 2.75) is 58.2 Å². The molecule has 1 fully saturated rings. The zero-order valence-electron chi connectivity index (χ0n) is 12.8. The van der Waals surface area contributed by atoms with Crippen molar-refractivity contribution in [3.63, 3.8) is 0 Å². The number of benzene rings is 1. The summed E-state index contributed by atoms with van der Waals surface area (Å²) >= 11 is 0. The van der Waals surface area contributed by atoms with E-state index in [-0.39, 0.29) is 0 Å². The van der Waals surface area contributed by atoms with Crippen LogP contribution in [-0.2, 0) is 0 Å². The Bertz CT molecular complexity index is 386. The highest BCUT2D eigenvalue weighted by Crippen LogP contribution is 2.34. The van der Waals surface area contributed by atoms with E-state index in [2.05, 4.69) is 68.2 Å². The quantitative estimate of drug-likeness (QED) is 0.870. The lowest BCUT2D eigenvalue weighted by Crippen LogP contribution is -2.49. The number of likely N-dealkylation sites (N-methyl/N-ethyl adjacent to an activating group) is 1. The van der Waals surface area contributed by atoms with Gasteiger partial charge in [0.25, 0.3) is 0 Å². The Kier molecular flexibility index (Phi) is 4.64. The predicted molar refractivity (Wildman–Crippen MR) is 82.3 cm³/mol. The van der Waals surface area contributed by atoms with Gasteiger partial charge in [-0.25, -0.2) is 0 Å². The number of hydrogen-bond donors (Lipinski definition) is 1. The van der Waals surface area contributed by atoms with Crippen molar-refractivity contribution in [3.05, 3.63) is 35.9 Å². The van der Waals surface area contributed by atoms with E-state index in [1.54, 1.807) is 0 Å². The van der Waals surface area contributed by atoms with Crippen molar-refractivity contribution < 1.29 is 0 Å². The lowest BCUT2D eigenvalue weighted by molar-refractivity contribution is 0.0993. The summed E-state index contributed by atoms with van der Waals surface area (Å²) in [5, 5.41) is 3.67. The fraction of sp³-hybridized carbons (Fsp3) is 0.647. The van der Waals surface area contributed by atoms with Crippen molar-refractivity contribution in [1.82, 2.24) is 10.2 Å². The Morgan fingerprint density at radius 2 is 1.95 bits per heavy atom. The maximum Gasteiger partial charge on any atom is 0.0475 e. The van der Waals surface area contributed by atoms with Crippen LogP contribution < -0.4 is 5.32 Å². The second-order valence-corrected chi connectivity index (χ2v) is 6.30. The molecular weight excluding hydrogens is 232 g/mol. The molecule has 0 saturated carbocycles. The Morgan fingerprint density at radius 1 is 1.26 bits per heavy atom. The molecule has 0 amide bonds. The summed E-state index contributed by atoms with van der Waals surface area (Å²) in [5.74, 6) is 0. The third kappa shape index (κ3) is 3.18. The number of rotatable bonds is 5. The molecule has 106 valence electrons. The fourth-order valence-electron chi connectivity index (χ4n) is 3.51. The number of likely N-dealkylation sites (tertiary alicyclic amines) is 1. The smallest absolute Gasteiger partial charge is 0.0475 e. The monoisotopic (exact) mass is 260 g/mol. The van der Waals surface area contributed by atoms with Crippen molar-refractivity contribution in [3.8, 4) is 0 Å². The van der Waals surface area contributed by atoms with Gasteiger partial charge in [0.05, 0.1) is 0 Å². The molecule has 1 saturated heterocycles. The standard InChI is InChI=1S/C17H28N2/c1-5-18-16(15-10-7-6-8-11-15)14(2)19-13-9-12-17(19,3)4/h6-8,10-11,14,16,18H,5,9,12-13H2,1-4H3. The highest BCUT2D eigenvalue weighted by Gasteiger charge is 2.37. The zero-order chi connectivity index (χ0) is 13.9.